The highest BCUT2D eigenvalue weighted by Crippen LogP contribution is 2.29. The first-order valence-electron chi connectivity index (χ1n) is 7.92. The van der Waals surface area contributed by atoms with Crippen LogP contribution in [0, 0.1) is 0 Å². The summed E-state index contributed by atoms with van der Waals surface area (Å²) in [4.78, 5) is 2.62. The zero-order chi connectivity index (χ0) is 13.1. The monoisotopic (exact) mass is 258 g/mol. The number of aryl methyl sites for hydroxylation is 1. The Morgan fingerprint density at radius 3 is 3.00 bits per heavy atom. The van der Waals surface area contributed by atoms with Gasteiger partial charge in [0.25, 0.3) is 0 Å². The van der Waals surface area contributed by atoms with E-state index in [1.54, 1.807) is 0 Å². The molecule has 1 N–H and O–H groups in total. The van der Waals surface area contributed by atoms with E-state index in [1.807, 2.05) is 0 Å². The summed E-state index contributed by atoms with van der Waals surface area (Å²) in [6, 6.07) is 10.5. The molecule has 1 fully saturated rings. The van der Waals surface area contributed by atoms with Crippen LogP contribution in [0.25, 0.3) is 0 Å². The van der Waals surface area contributed by atoms with Crippen LogP contribution in [-0.2, 0) is 6.42 Å². The van der Waals surface area contributed by atoms with Crippen molar-refractivity contribution in [3.05, 3.63) is 29.8 Å². The lowest BCUT2D eigenvalue weighted by atomic mass is 9.99. The van der Waals surface area contributed by atoms with Gasteiger partial charge in [0.05, 0.1) is 0 Å². The molecule has 19 heavy (non-hydrogen) atoms. The van der Waals surface area contributed by atoms with Crippen LogP contribution in [0.15, 0.2) is 24.3 Å². The SMILES string of the molecule is CC(CCCNC1CC1)N1CCCc2ccccc21. The van der Waals surface area contributed by atoms with Crippen molar-refractivity contribution >= 4 is 5.69 Å². The Kier molecular flexibility index (Phi) is 4.07. The van der Waals surface area contributed by atoms with Crippen LogP contribution in [0.5, 0.6) is 0 Å². The van der Waals surface area contributed by atoms with E-state index in [1.165, 1.54) is 62.9 Å². The molecule has 1 unspecified atom stereocenters. The zero-order valence-corrected chi connectivity index (χ0v) is 12.1. The molecule has 1 atom stereocenters. The van der Waals surface area contributed by atoms with Crippen LogP contribution in [0.2, 0.25) is 0 Å². The molecule has 0 radical (unpaired) electrons. The van der Waals surface area contributed by atoms with Gasteiger partial charge in [-0.05, 0) is 63.6 Å². The summed E-state index contributed by atoms with van der Waals surface area (Å²) in [7, 11) is 0. The van der Waals surface area contributed by atoms with Crippen LogP contribution < -0.4 is 10.2 Å². The molecule has 0 spiro atoms. The number of anilines is 1. The third-order valence-corrected chi connectivity index (χ3v) is 4.49. The lowest BCUT2D eigenvalue weighted by Gasteiger charge is -2.36. The molecule has 0 bridgehead atoms. The van der Waals surface area contributed by atoms with Crippen molar-refractivity contribution < 1.29 is 0 Å². The van der Waals surface area contributed by atoms with Gasteiger partial charge in [0.15, 0.2) is 0 Å². The summed E-state index contributed by atoms with van der Waals surface area (Å²) < 4.78 is 0. The normalized spacial score (nSPS) is 20.2. The van der Waals surface area contributed by atoms with Crippen molar-refractivity contribution in [1.82, 2.24) is 5.32 Å². The fraction of sp³-hybridized carbons (Fsp3) is 0.647. The number of nitrogens with one attached hydrogen (secondary N) is 1. The average Bonchev–Trinajstić information content (AvgIpc) is 3.27. The Balaban J connectivity index is 1.52. The third-order valence-electron chi connectivity index (χ3n) is 4.49. The maximum Gasteiger partial charge on any atom is 0.0401 e. The molecule has 1 aromatic carbocycles. The highest BCUT2D eigenvalue weighted by atomic mass is 15.2. The van der Waals surface area contributed by atoms with E-state index >= 15 is 0 Å². The molecule has 3 rings (SSSR count). The third kappa shape index (κ3) is 3.30. The number of fused-ring (bicyclic) bond motifs is 1. The second-order valence-electron chi connectivity index (χ2n) is 6.15. The van der Waals surface area contributed by atoms with Gasteiger partial charge in [-0.25, -0.2) is 0 Å². The van der Waals surface area contributed by atoms with Crippen LogP contribution in [0.3, 0.4) is 0 Å². The van der Waals surface area contributed by atoms with E-state index in [0.717, 1.165) is 6.04 Å². The van der Waals surface area contributed by atoms with E-state index < -0.39 is 0 Å². The van der Waals surface area contributed by atoms with Crippen molar-refractivity contribution in [3.63, 3.8) is 0 Å². The minimum Gasteiger partial charge on any atom is -0.369 e. The first-order valence-corrected chi connectivity index (χ1v) is 7.92. The van der Waals surface area contributed by atoms with Gasteiger partial charge in [0.2, 0.25) is 0 Å². The molecule has 1 heterocycles. The second-order valence-corrected chi connectivity index (χ2v) is 6.15. The number of nitrogens with zero attached hydrogens (tertiary/aromatic N) is 1. The fourth-order valence-corrected chi connectivity index (χ4v) is 3.17. The predicted octanol–water partition coefficient (Wildman–Crippen LogP) is 3.36. The Bertz CT molecular complexity index is 411. The largest absolute Gasteiger partial charge is 0.369 e. The number of para-hydroxylation sites is 1. The lowest BCUT2D eigenvalue weighted by molar-refractivity contribution is 0.523. The van der Waals surface area contributed by atoms with Gasteiger partial charge in [-0.15, -0.1) is 0 Å². The Morgan fingerprint density at radius 2 is 2.16 bits per heavy atom. The summed E-state index contributed by atoms with van der Waals surface area (Å²) >= 11 is 0. The molecule has 0 saturated heterocycles. The minimum absolute atomic E-state index is 0.669. The molecule has 1 aromatic rings. The molecule has 1 aliphatic carbocycles. The maximum absolute atomic E-state index is 3.62. The maximum atomic E-state index is 3.62. The van der Waals surface area contributed by atoms with E-state index in [2.05, 4.69) is 41.4 Å². The van der Waals surface area contributed by atoms with Gasteiger partial charge >= 0.3 is 0 Å². The predicted molar refractivity (Wildman–Crippen MR) is 81.8 cm³/mol. The van der Waals surface area contributed by atoms with Crippen LogP contribution in [0.4, 0.5) is 5.69 Å². The molecule has 0 aromatic heterocycles. The summed E-state index contributed by atoms with van der Waals surface area (Å²) in [6.45, 7) is 4.82. The summed E-state index contributed by atoms with van der Waals surface area (Å²) in [6.07, 6.45) is 7.96. The number of hydrogen-bond acceptors (Lipinski definition) is 2. The Hall–Kier alpha value is -1.02. The van der Waals surface area contributed by atoms with Crippen LogP contribution >= 0.6 is 0 Å². The minimum atomic E-state index is 0.669. The van der Waals surface area contributed by atoms with Crippen molar-refractivity contribution in [3.8, 4) is 0 Å². The van der Waals surface area contributed by atoms with Gasteiger partial charge in [0, 0.05) is 24.3 Å². The molecule has 1 saturated carbocycles. The van der Waals surface area contributed by atoms with Gasteiger partial charge in [-0.3, -0.25) is 0 Å². The van der Waals surface area contributed by atoms with E-state index in [-0.39, 0.29) is 0 Å². The van der Waals surface area contributed by atoms with E-state index in [9.17, 15) is 0 Å². The molecule has 2 heteroatoms. The Morgan fingerprint density at radius 1 is 1.32 bits per heavy atom. The van der Waals surface area contributed by atoms with E-state index in [4.69, 9.17) is 0 Å². The lowest BCUT2D eigenvalue weighted by Crippen LogP contribution is -2.37. The van der Waals surface area contributed by atoms with Gasteiger partial charge in [-0.2, -0.15) is 0 Å². The highest BCUT2D eigenvalue weighted by Gasteiger charge is 2.22. The molecular formula is C17H26N2. The standard InChI is InChI=1S/C17H26N2/c1-14(6-4-12-18-16-10-11-16)19-13-5-8-15-7-2-3-9-17(15)19/h2-3,7,9,14,16,18H,4-6,8,10-13H2,1H3. The second kappa shape index (κ2) is 5.96. The van der Waals surface area contributed by atoms with E-state index in [0.29, 0.717) is 6.04 Å². The number of rotatable bonds is 6. The average molecular weight is 258 g/mol. The highest BCUT2D eigenvalue weighted by molar-refractivity contribution is 5.56. The fourth-order valence-electron chi connectivity index (χ4n) is 3.17. The van der Waals surface area contributed by atoms with Crippen LogP contribution in [-0.4, -0.2) is 25.2 Å². The van der Waals surface area contributed by atoms with Crippen molar-refractivity contribution in [1.29, 1.82) is 0 Å². The molecule has 104 valence electrons. The summed E-state index contributed by atoms with van der Waals surface area (Å²) in [5.41, 5.74) is 3.02. The smallest absolute Gasteiger partial charge is 0.0401 e. The number of benzene rings is 1. The molecular weight excluding hydrogens is 232 g/mol. The first-order chi connectivity index (χ1) is 9.34. The number of hydrogen-bond donors (Lipinski definition) is 1. The topological polar surface area (TPSA) is 15.3 Å². The van der Waals surface area contributed by atoms with Gasteiger partial charge in [0.1, 0.15) is 0 Å². The molecule has 2 aliphatic rings. The summed E-state index contributed by atoms with van der Waals surface area (Å²) in [5, 5.41) is 3.62. The van der Waals surface area contributed by atoms with Crippen molar-refractivity contribution in [2.45, 2.75) is 57.5 Å². The van der Waals surface area contributed by atoms with Gasteiger partial charge in [-0.1, -0.05) is 18.2 Å². The van der Waals surface area contributed by atoms with Crippen molar-refractivity contribution in [2.75, 3.05) is 18.0 Å². The zero-order valence-electron chi connectivity index (χ0n) is 12.1. The van der Waals surface area contributed by atoms with Crippen LogP contribution in [0.1, 0.15) is 44.6 Å². The molecule has 0 amide bonds. The summed E-state index contributed by atoms with van der Waals surface area (Å²) in [5.74, 6) is 0. The Labute approximate surface area is 117 Å². The van der Waals surface area contributed by atoms with Gasteiger partial charge < -0.3 is 10.2 Å². The van der Waals surface area contributed by atoms with Crippen molar-refractivity contribution in [2.24, 2.45) is 0 Å². The first kappa shape index (κ1) is 13.0. The molecule has 2 nitrogen and oxygen atoms in total. The molecule has 1 aliphatic heterocycles. The quantitative estimate of drug-likeness (QED) is 0.787.